The molecule has 0 unspecified atom stereocenters. The molecule has 0 bridgehead atoms. The van der Waals surface area contributed by atoms with Crippen molar-refractivity contribution < 1.29 is 13.5 Å². The van der Waals surface area contributed by atoms with Gasteiger partial charge in [-0.2, -0.15) is 0 Å². The van der Waals surface area contributed by atoms with Gasteiger partial charge in [-0.25, -0.2) is 23.7 Å². The van der Waals surface area contributed by atoms with Gasteiger partial charge in [0.15, 0.2) is 17.4 Å². The summed E-state index contributed by atoms with van der Waals surface area (Å²) >= 11 is 1.62. The van der Waals surface area contributed by atoms with E-state index >= 15 is 0 Å². The molecule has 37 heavy (non-hydrogen) atoms. The number of nitrogens with one attached hydrogen (secondary N) is 1. The number of anilines is 1. The second-order valence-electron chi connectivity index (χ2n) is 9.96. The second-order valence-corrected chi connectivity index (χ2v) is 11.1. The van der Waals surface area contributed by atoms with Gasteiger partial charge in [0.25, 0.3) is 0 Å². The lowest BCUT2D eigenvalue weighted by molar-refractivity contribution is 0.287. The number of thiazole rings is 1. The Bertz CT molecular complexity index is 1450. The summed E-state index contributed by atoms with van der Waals surface area (Å²) in [5.74, 6) is 0.119. The molecule has 2 aliphatic rings. The van der Waals surface area contributed by atoms with Crippen LogP contribution in [-0.4, -0.2) is 47.2 Å². The van der Waals surface area contributed by atoms with Crippen molar-refractivity contribution >= 4 is 27.2 Å². The molecular weight excluding hydrogens is 492 g/mol. The lowest BCUT2D eigenvalue weighted by Gasteiger charge is -2.34. The van der Waals surface area contributed by atoms with Crippen molar-refractivity contribution in [3.8, 4) is 17.0 Å². The molecule has 6 rings (SSSR count). The van der Waals surface area contributed by atoms with Crippen molar-refractivity contribution in [3.63, 3.8) is 0 Å². The van der Waals surface area contributed by atoms with Crippen LogP contribution in [0.1, 0.15) is 49.0 Å². The fourth-order valence-corrected chi connectivity index (χ4v) is 6.29. The third kappa shape index (κ3) is 4.78. The van der Waals surface area contributed by atoms with E-state index in [0.29, 0.717) is 42.6 Å². The number of nitrogens with zero attached hydrogens (tertiary/aromatic N) is 4. The largest absolute Gasteiger partial charge is 0.486 e. The number of piperidine rings is 1. The Morgan fingerprint density at radius 2 is 1.95 bits per heavy atom. The number of hydrogen-bond acceptors (Lipinski definition) is 7. The molecule has 0 radical (unpaired) electrons. The van der Waals surface area contributed by atoms with Crippen LogP contribution in [0.25, 0.3) is 21.5 Å². The average Bonchev–Trinajstić information content (AvgIpc) is 3.31. The molecule has 2 aromatic heterocycles. The zero-order chi connectivity index (χ0) is 25.5. The molecule has 1 fully saturated rings. The molecule has 1 N–H and O–H groups in total. The van der Waals surface area contributed by atoms with Crippen molar-refractivity contribution in [2.24, 2.45) is 0 Å². The first-order valence-corrected chi connectivity index (χ1v) is 13.6. The zero-order valence-corrected chi connectivity index (χ0v) is 21.7. The van der Waals surface area contributed by atoms with Crippen LogP contribution in [0.15, 0.2) is 36.5 Å². The molecule has 0 saturated carbocycles. The Morgan fingerprint density at radius 3 is 2.76 bits per heavy atom. The van der Waals surface area contributed by atoms with E-state index in [4.69, 9.17) is 9.72 Å². The van der Waals surface area contributed by atoms with E-state index in [1.165, 1.54) is 11.6 Å². The summed E-state index contributed by atoms with van der Waals surface area (Å²) in [6, 6.07) is 9.72. The number of hydrogen-bond donors (Lipinski definition) is 1. The van der Waals surface area contributed by atoms with Gasteiger partial charge in [-0.1, -0.05) is 6.07 Å². The third-order valence-electron chi connectivity index (χ3n) is 7.18. The van der Waals surface area contributed by atoms with Gasteiger partial charge in [0.05, 0.1) is 35.1 Å². The summed E-state index contributed by atoms with van der Waals surface area (Å²) in [7, 11) is 0. The monoisotopic (exact) mass is 521 g/mol. The maximum Gasteiger partial charge on any atom is 0.178 e. The summed E-state index contributed by atoms with van der Waals surface area (Å²) in [6.07, 6.45) is 3.83. The van der Waals surface area contributed by atoms with Crippen LogP contribution in [0.3, 0.4) is 0 Å². The normalized spacial score (nSPS) is 16.3. The summed E-state index contributed by atoms with van der Waals surface area (Å²) in [6.45, 7) is 7.23. The van der Waals surface area contributed by atoms with Crippen molar-refractivity contribution in [1.82, 2.24) is 20.3 Å². The zero-order valence-electron chi connectivity index (χ0n) is 20.9. The topological polar surface area (TPSA) is 63.2 Å². The molecule has 0 amide bonds. The predicted molar refractivity (Wildman–Crippen MR) is 143 cm³/mol. The maximum absolute atomic E-state index is 15.0. The Hall–Kier alpha value is -3.17. The first-order chi connectivity index (χ1) is 18.0. The standard InChI is InChI=1S/C28H29F2N5OS/c1-16(2)35-9-10-36-28-20(29)11-19(12-23(28)35)27-21(30)15-32-25(34-27)14-26-33-22-4-3-18(13-24(22)37-26)17-5-7-31-8-6-17/h3-4,11-13,15-17,31H,5-10,14H2,1-2H3. The van der Waals surface area contributed by atoms with Gasteiger partial charge in [-0.05, 0) is 75.5 Å². The van der Waals surface area contributed by atoms with Gasteiger partial charge in [0, 0.05) is 11.6 Å². The van der Waals surface area contributed by atoms with E-state index in [1.807, 2.05) is 13.8 Å². The molecular formula is C28H29F2N5OS. The molecule has 4 heterocycles. The fraction of sp³-hybridized carbons (Fsp3) is 0.393. The van der Waals surface area contributed by atoms with Crippen LogP contribution in [0.4, 0.5) is 14.5 Å². The van der Waals surface area contributed by atoms with E-state index < -0.39 is 11.6 Å². The van der Waals surface area contributed by atoms with Crippen LogP contribution in [0.5, 0.6) is 5.75 Å². The Balaban J connectivity index is 1.30. The van der Waals surface area contributed by atoms with Crippen LogP contribution in [-0.2, 0) is 6.42 Å². The quantitative estimate of drug-likeness (QED) is 0.364. The molecule has 4 aromatic rings. The van der Waals surface area contributed by atoms with Gasteiger partial charge in [-0.15, -0.1) is 11.3 Å². The van der Waals surface area contributed by atoms with Gasteiger partial charge in [0.2, 0.25) is 0 Å². The average molecular weight is 522 g/mol. The predicted octanol–water partition coefficient (Wildman–Crippen LogP) is 5.70. The van der Waals surface area contributed by atoms with Crippen molar-refractivity contribution in [2.45, 2.75) is 45.1 Å². The van der Waals surface area contributed by atoms with Crippen LogP contribution >= 0.6 is 11.3 Å². The molecule has 0 aliphatic carbocycles. The highest BCUT2D eigenvalue weighted by Crippen LogP contribution is 2.39. The molecule has 192 valence electrons. The highest BCUT2D eigenvalue weighted by atomic mass is 32.1. The van der Waals surface area contributed by atoms with Gasteiger partial charge in [-0.3, -0.25) is 0 Å². The number of ether oxygens (including phenoxy) is 1. The number of benzene rings is 2. The summed E-state index contributed by atoms with van der Waals surface area (Å²) in [4.78, 5) is 15.6. The minimum atomic E-state index is -0.591. The lowest BCUT2D eigenvalue weighted by atomic mass is 9.90. The fourth-order valence-electron chi connectivity index (χ4n) is 5.28. The van der Waals surface area contributed by atoms with Gasteiger partial charge >= 0.3 is 0 Å². The van der Waals surface area contributed by atoms with E-state index in [0.717, 1.165) is 47.4 Å². The highest BCUT2D eigenvalue weighted by molar-refractivity contribution is 7.18. The molecule has 9 heteroatoms. The first-order valence-electron chi connectivity index (χ1n) is 12.8. The summed E-state index contributed by atoms with van der Waals surface area (Å²) < 4.78 is 36.6. The Morgan fingerprint density at radius 1 is 1.11 bits per heavy atom. The second kappa shape index (κ2) is 9.95. The number of aromatic nitrogens is 3. The molecule has 0 spiro atoms. The number of halogens is 2. The van der Waals surface area contributed by atoms with E-state index in [-0.39, 0.29) is 17.5 Å². The van der Waals surface area contributed by atoms with Crippen LogP contribution in [0, 0.1) is 11.6 Å². The van der Waals surface area contributed by atoms with Crippen molar-refractivity contribution in [2.75, 3.05) is 31.1 Å². The SMILES string of the molecule is CC(C)N1CCOc2c(F)cc(-c3nc(Cc4nc5ccc(C6CCNCC6)cc5s4)ncc3F)cc21. The highest BCUT2D eigenvalue weighted by Gasteiger charge is 2.26. The minimum absolute atomic E-state index is 0.0790. The van der Waals surface area contributed by atoms with Gasteiger partial charge in [0.1, 0.15) is 23.1 Å². The van der Waals surface area contributed by atoms with Gasteiger partial charge < -0.3 is 15.0 Å². The van der Waals surface area contributed by atoms with E-state index in [1.54, 1.807) is 17.4 Å². The van der Waals surface area contributed by atoms with E-state index in [9.17, 15) is 8.78 Å². The minimum Gasteiger partial charge on any atom is -0.486 e. The molecule has 6 nitrogen and oxygen atoms in total. The summed E-state index contributed by atoms with van der Waals surface area (Å²) in [5, 5.41) is 4.29. The maximum atomic E-state index is 15.0. The lowest BCUT2D eigenvalue weighted by Crippen LogP contribution is -2.38. The Kier molecular flexibility index (Phi) is 6.50. The number of fused-ring (bicyclic) bond motifs is 2. The van der Waals surface area contributed by atoms with Crippen LogP contribution < -0.4 is 15.0 Å². The molecule has 1 saturated heterocycles. The van der Waals surface area contributed by atoms with Crippen molar-refractivity contribution in [1.29, 1.82) is 0 Å². The summed E-state index contributed by atoms with van der Waals surface area (Å²) in [5.41, 5.74) is 3.37. The molecule has 2 aromatic carbocycles. The van der Waals surface area contributed by atoms with Crippen molar-refractivity contribution in [3.05, 3.63) is 64.6 Å². The molecule has 2 aliphatic heterocycles. The Labute approximate surface area is 218 Å². The number of rotatable bonds is 5. The third-order valence-corrected chi connectivity index (χ3v) is 8.20. The van der Waals surface area contributed by atoms with E-state index in [2.05, 4.69) is 38.4 Å². The van der Waals surface area contributed by atoms with Crippen LogP contribution in [0.2, 0.25) is 0 Å². The molecule has 0 atom stereocenters. The smallest absolute Gasteiger partial charge is 0.178 e. The first kappa shape index (κ1) is 24.2.